The third kappa shape index (κ3) is 4.73. The van der Waals surface area contributed by atoms with Gasteiger partial charge in [-0.2, -0.15) is 0 Å². The zero-order valence-electron chi connectivity index (χ0n) is 26.6. The van der Waals surface area contributed by atoms with E-state index in [-0.39, 0.29) is 0 Å². The lowest BCUT2D eigenvalue weighted by molar-refractivity contribution is 1.16. The molecule has 7 aromatic carbocycles. The predicted octanol–water partition coefficient (Wildman–Crippen LogP) is 12.8. The average molecular weight is 615 g/mol. The SMILES string of the molecule is C1=CC2=CCc3c(cc4c(N(c5ccccc5)c5ccccc5)c5ccccc5cc4c3N(c3ccccc3)c3ccccc3)C2=CC1. The van der Waals surface area contributed by atoms with Gasteiger partial charge in [-0.25, -0.2) is 0 Å². The van der Waals surface area contributed by atoms with Crippen molar-refractivity contribution in [3.8, 4) is 0 Å². The molecule has 0 bridgehead atoms. The Balaban J connectivity index is 1.47. The van der Waals surface area contributed by atoms with Crippen molar-refractivity contribution >= 4 is 61.2 Å². The van der Waals surface area contributed by atoms with E-state index in [4.69, 9.17) is 0 Å². The van der Waals surface area contributed by atoms with Crippen LogP contribution in [0.25, 0.3) is 27.1 Å². The first kappa shape index (κ1) is 28.1. The number of benzene rings is 7. The van der Waals surface area contributed by atoms with Crippen LogP contribution in [0, 0.1) is 0 Å². The first-order valence-corrected chi connectivity index (χ1v) is 16.7. The number of anilines is 6. The van der Waals surface area contributed by atoms with Gasteiger partial charge >= 0.3 is 0 Å². The Labute approximate surface area is 281 Å². The molecule has 0 saturated carbocycles. The van der Waals surface area contributed by atoms with Crippen molar-refractivity contribution in [3.63, 3.8) is 0 Å². The quantitative estimate of drug-likeness (QED) is 0.172. The minimum absolute atomic E-state index is 0.858. The lowest BCUT2D eigenvalue weighted by Gasteiger charge is -2.34. The molecular weight excluding hydrogens is 581 g/mol. The Bertz CT molecular complexity index is 2290. The van der Waals surface area contributed by atoms with Crippen molar-refractivity contribution in [1.29, 1.82) is 0 Å². The number of allylic oxidation sites excluding steroid dienone is 6. The molecule has 228 valence electrons. The van der Waals surface area contributed by atoms with Gasteiger partial charge in [-0.05, 0) is 101 Å². The first-order valence-electron chi connectivity index (χ1n) is 16.7. The minimum Gasteiger partial charge on any atom is -0.310 e. The molecule has 2 heteroatoms. The summed E-state index contributed by atoms with van der Waals surface area (Å²) in [5.41, 5.74) is 12.3. The van der Waals surface area contributed by atoms with Crippen molar-refractivity contribution in [2.24, 2.45) is 0 Å². The molecule has 2 nitrogen and oxygen atoms in total. The topological polar surface area (TPSA) is 6.48 Å². The van der Waals surface area contributed by atoms with Gasteiger partial charge in [-0.1, -0.05) is 121 Å². The molecule has 2 aliphatic carbocycles. The summed E-state index contributed by atoms with van der Waals surface area (Å²) in [7, 11) is 0. The maximum absolute atomic E-state index is 2.49. The monoisotopic (exact) mass is 614 g/mol. The average Bonchev–Trinajstić information content (AvgIpc) is 3.16. The molecule has 0 unspecified atom stereocenters. The number of hydrogen-bond acceptors (Lipinski definition) is 2. The smallest absolute Gasteiger partial charge is 0.0619 e. The molecular formula is C46H34N2. The Morgan fingerprint density at radius 2 is 0.938 bits per heavy atom. The molecule has 9 rings (SSSR count). The van der Waals surface area contributed by atoms with Crippen LogP contribution in [0.2, 0.25) is 0 Å². The van der Waals surface area contributed by atoms with Gasteiger partial charge in [0.05, 0.1) is 11.4 Å². The van der Waals surface area contributed by atoms with E-state index >= 15 is 0 Å². The van der Waals surface area contributed by atoms with E-state index in [2.05, 4.69) is 192 Å². The van der Waals surface area contributed by atoms with Gasteiger partial charge in [0.25, 0.3) is 0 Å². The normalized spacial score (nSPS) is 13.4. The fraction of sp³-hybridized carbons (Fsp3) is 0.0435. The molecule has 0 aromatic heterocycles. The van der Waals surface area contributed by atoms with E-state index in [1.165, 1.54) is 55.2 Å². The van der Waals surface area contributed by atoms with Crippen LogP contribution in [-0.4, -0.2) is 0 Å². The zero-order valence-corrected chi connectivity index (χ0v) is 26.6. The predicted molar refractivity (Wildman–Crippen MR) is 204 cm³/mol. The Kier molecular flexibility index (Phi) is 6.98. The van der Waals surface area contributed by atoms with E-state index in [1.807, 2.05) is 0 Å². The van der Waals surface area contributed by atoms with Crippen molar-refractivity contribution in [2.45, 2.75) is 12.8 Å². The van der Waals surface area contributed by atoms with Crippen LogP contribution in [0.3, 0.4) is 0 Å². The lowest BCUT2D eigenvalue weighted by atomic mass is 9.80. The maximum atomic E-state index is 2.49. The summed E-state index contributed by atoms with van der Waals surface area (Å²) in [6.45, 7) is 0. The minimum atomic E-state index is 0.858. The molecule has 0 heterocycles. The van der Waals surface area contributed by atoms with Crippen LogP contribution in [0.4, 0.5) is 34.1 Å². The van der Waals surface area contributed by atoms with Crippen molar-refractivity contribution in [2.75, 3.05) is 9.80 Å². The van der Waals surface area contributed by atoms with Crippen molar-refractivity contribution < 1.29 is 0 Å². The molecule has 0 spiro atoms. The fourth-order valence-electron chi connectivity index (χ4n) is 7.52. The molecule has 0 aliphatic heterocycles. The standard InChI is InChI=1S/C46H34N2/c1-5-19-35(20-6-1)47(36-21-7-2-8-22-36)45-40-28-16-14-18-34(40)31-43-44(45)32-42-39-27-15-13-17-33(39)29-30-41(42)46(43)48(37-23-9-3-10-24-37)38-25-11-4-12-26-38/h1-14,16-29,31-32H,15,30H2. The molecule has 0 amide bonds. The van der Waals surface area contributed by atoms with Crippen LogP contribution in [0.1, 0.15) is 17.5 Å². The summed E-state index contributed by atoms with van der Waals surface area (Å²) in [6, 6.07) is 57.1. The molecule has 48 heavy (non-hydrogen) atoms. The van der Waals surface area contributed by atoms with Crippen LogP contribution in [0.15, 0.2) is 188 Å². The molecule has 2 aliphatic rings. The van der Waals surface area contributed by atoms with E-state index in [0.29, 0.717) is 0 Å². The van der Waals surface area contributed by atoms with E-state index < -0.39 is 0 Å². The van der Waals surface area contributed by atoms with Crippen LogP contribution in [-0.2, 0) is 6.42 Å². The molecule has 0 N–H and O–H groups in total. The van der Waals surface area contributed by atoms with Gasteiger partial charge < -0.3 is 9.80 Å². The van der Waals surface area contributed by atoms with E-state index in [9.17, 15) is 0 Å². The van der Waals surface area contributed by atoms with Gasteiger partial charge in [0.15, 0.2) is 0 Å². The molecule has 0 radical (unpaired) electrons. The number of nitrogens with zero attached hydrogens (tertiary/aromatic N) is 2. The zero-order chi connectivity index (χ0) is 31.9. The molecule has 0 fully saturated rings. The van der Waals surface area contributed by atoms with E-state index in [1.54, 1.807) is 0 Å². The summed E-state index contributed by atoms with van der Waals surface area (Å²) in [5, 5.41) is 4.89. The second kappa shape index (κ2) is 11.9. The van der Waals surface area contributed by atoms with Gasteiger partial charge in [-0.3, -0.25) is 0 Å². The number of fused-ring (bicyclic) bond motifs is 5. The molecule has 0 atom stereocenters. The summed E-state index contributed by atoms with van der Waals surface area (Å²) < 4.78 is 0. The molecule has 0 saturated heterocycles. The maximum Gasteiger partial charge on any atom is 0.0619 e. The lowest BCUT2D eigenvalue weighted by Crippen LogP contribution is -2.17. The Hall–Kier alpha value is -6.12. The summed E-state index contributed by atoms with van der Waals surface area (Å²) in [5.74, 6) is 0. The number of hydrogen-bond donors (Lipinski definition) is 0. The van der Waals surface area contributed by atoms with Crippen molar-refractivity contribution in [1.82, 2.24) is 0 Å². The van der Waals surface area contributed by atoms with Gasteiger partial charge in [0.2, 0.25) is 0 Å². The fourth-order valence-corrected chi connectivity index (χ4v) is 7.52. The second-order valence-corrected chi connectivity index (χ2v) is 12.4. The highest BCUT2D eigenvalue weighted by Gasteiger charge is 2.29. The Morgan fingerprint density at radius 3 is 1.52 bits per heavy atom. The highest BCUT2D eigenvalue weighted by Crippen LogP contribution is 2.52. The first-order chi connectivity index (χ1) is 23.8. The second-order valence-electron chi connectivity index (χ2n) is 12.4. The van der Waals surface area contributed by atoms with Crippen LogP contribution < -0.4 is 9.80 Å². The third-order valence-corrected chi connectivity index (χ3v) is 9.60. The largest absolute Gasteiger partial charge is 0.310 e. The third-order valence-electron chi connectivity index (χ3n) is 9.60. The summed E-state index contributed by atoms with van der Waals surface area (Å²) >= 11 is 0. The molecule has 7 aromatic rings. The van der Waals surface area contributed by atoms with Crippen LogP contribution >= 0.6 is 0 Å². The van der Waals surface area contributed by atoms with Crippen LogP contribution in [0.5, 0.6) is 0 Å². The van der Waals surface area contributed by atoms with Gasteiger partial charge in [0.1, 0.15) is 0 Å². The highest BCUT2D eigenvalue weighted by atomic mass is 15.2. The van der Waals surface area contributed by atoms with E-state index in [0.717, 1.165) is 35.6 Å². The Morgan fingerprint density at radius 1 is 0.438 bits per heavy atom. The highest BCUT2D eigenvalue weighted by molar-refractivity contribution is 6.19. The number of rotatable bonds is 6. The number of para-hydroxylation sites is 4. The van der Waals surface area contributed by atoms with Crippen molar-refractivity contribution in [3.05, 3.63) is 199 Å². The van der Waals surface area contributed by atoms with Gasteiger partial charge in [0, 0.05) is 38.9 Å². The van der Waals surface area contributed by atoms with Gasteiger partial charge in [-0.15, -0.1) is 0 Å². The summed E-state index contributed by atoms with van der Waals surface area (Å²) in [6.07, 6.45) is 11.2. The summed E-state index contributed by atoms with van der Waals surface area (Å²) in [4.78, 5) is 4.93.